The average molecular weight is 248 g/mol. The summed E-state index contributed by atoms with van der Waals surface area (Å²) < 4.78 is 0. The van der Waals surface area contributed by atoms with Crippen molar-refractivity contribution >= 4 is 11.9 Å². The van der Waals surface area contributed by atoms with E-state index in [4.69, 9.17) is 0 Å². The average Bonchev–Trinajstić information content (AvgIpc) is 3.31. The molecule has 2 aromatic rings. The predicted octanol–water partition coefficient (Wildman–Crippen LogP) is 4.46. The maximum absolute atomic E-state index is 12.0. The Morgan fingerprint density at radius 3 is 2.26 bits per heavy atom. The lowest BCUT2D eigenvalue weighted by Crippen LogP contribution is -1.94. The van der Waals surface area contributed by atoms with Crippen molar-refractivity contribution in [2.75, 3.05) is 0 Å². The number of carbonyl (C=O) groups is 1. The summed E-state index contributed by atoms with van der Waals surface area (Å²) in [6.45, 7) is 0. The van der Waals surface area contributed by atoms with E-state index >= 15 is 0 Å². The minimum absolute atomic E-state index is 0.0613. The van der Waals surface area contributed by atoms with Crippen LogP contribution in [0.4, 0.5) is 0 Å². The van der Waals surface area contributed by atoms with E-state index in [-0.39, 0.29) is 5.78 Å². The van der Waals surface area contributed by atoms with Gasteiger partial charge in [-0.15, -0.1) is 0 Å². The van der Waals surface area contributed by atoms with Gasteiger partial charge < -0.3 is 0 Å². The van der Waals surface area contributed by atoms with Crippen LogP contribution in [0, 0.1) is 0 Å². The lowest BCUT2D eigenvalue weighted by Gasteiger charge is -1.99. The third-order valence-electron chi connectivity index (χ3n) is 3.47. The molecule has 0 bridgehead atoms. The van der Waals surface area contributed by atoms with Crippen LogP contribution < -0.4 is 0 Å². The second-order valence-corrected chi connectivity index (χ2v) is 5.00. The van der Waals surface area contributed by atoms with Gasteiger partial charge in [-0.1, -0.05) is 60.7 Å². The predicted molar refractivity (Wildman–Crippen MR) is 78.2 cm³/mol. The van der Waals surface area contributed by atoms with E-state index in [0.717, 1.165) is 17.0 Å². The molecular weight excluding hydrogens is 232 g/mol. The zero-order chi connectivity index (χ0) is 13.1. The smallest absolute Gasteiger partial charge is 0.185 e. The first-order valence-electron chi connectivity index (χ1n) is 6.70. The highest BCUT2D eigenvalue weighted by molar-refractivity contribution is 6.06. The summed E-state index contributed by atoms with van der Waals surface area (Å²) in [7, 11) is 0. The molecule has 0 atom stereocenters. The van der Waals surface area contributed by atoms with Crippen LogP contribution in [0.3, 0.4) is 0 Å². The quantitative estimate of drug-likeness (QED) is 0.576. The van der Waals surface area contributed by atoms with Crippen molar-refractivity contribution in [3.8, 4) is 0 Å². The largest absolute Gasteiger partial charge is 0.289 e. The summed E-state index contributed by atoms with van der Waals surface area (Å²) in [4.78, 5) is 12.0. The molecule has 94 valence electrons. The molecule has 1 heteroatoms. The molecule has 1 fully saturated rings. The fraction of sp³-hybridized carbons (Fsp3) is 0.167. The van der Waals surface area contributed by atoms with E-state index in [1.165, 1.54) is 18.4 Å². The number of benzene rings is 2. The van der Waals surface area contributed by atoms with Crippen LogP contribution in [0.5, 0.6) is 0 Å². The summed E-state index contributed by atoms with van der Waals surface area (Å²) >= 11 is 0. The molecule has 3 rings (SSSR count). The third kappa shape index (κ3) is 3.00. The first kappa shape index (κ1) is 11.9. The number of rotatable bonds is 4. The Bertz CT molecular complexity index is 589. The first-order chi connectivity index (χ1) is 9.33. The molecular formula is C18H16O. The van der Waals surface area contributed by atoms with Crippen LogP contribution in [-0.2, 0) is 0 Å². The number of ketones is 1. The zero-order valence-corrected chi connectivity index (χ0v) is 10.8. The van der Waals surface area contributed by atoms with Crippen LogP contribution in [0.15, 0.2) is 60.7 Å². The topological polar surface area (TPSA) is 17.1 Å². The Labute approximate surface area is 113 Å². The minimum atomic E-state index is 0.0613. The molecule has 1 nitrogen and oxygen atoms in total. The second-order valence-electron chi connectivity index (χ2n) is 5.00. The number of hydrogen-bond donors (Lipinski definition) is 0. The van der Waals surface area contributed by atoms with Gasteiger partial charge >= 0.3 is 0 Å². The van der Waals surface area contributed by atoms with Gasteiger partial charge in [0.15, 0.2) is 5.78 Å². The molecule has 1 aliphatic carbocycles. The SMILES string of the molecule is O=C(C=Cc1ccccc1)c1ccc(C2CC2)cc1. The van der Waals surface area contributed by atoms with E-state index in [9.17, 15) is 4.79 Å². The van der Waals surface area contributed by atoms with Gasteiger partial charge in [-0.2, -0.15) is 0 Å². The van der Waals surface area contributed by atoms with Gasteiger partial charge in [-0.05, 0) is 36.0 Å². The molecule has 1 saturated carbocycles. The van der Waals surface area contributed by atoms with Crippen molar-refractivity contribution in [1.82, 2.24) is 0 Å². The Morgan fingerprint density at radius 2 is 1.63 bits per heavy atom. The molecule has 2 aromatic carbocycles. The number of allylic oxidation sites excluding steroid dienone is 1. The maximum atomic E-state index is 12.0. The highest BCUT2D eigenvalue weighted by Crippen LogP contribution is 2.39. The van der Waals surface area contributed by atoms with Gasteiger partial charge in [-0.3, -0.25) is 4.79 Å². The molecule has 0 amide bonds. The summed E-state index contributed by atoms with van der Waals surface area (Å²) in [6, 6.07) is 17.9. The van der Waals surface area contributed by atoms with Gasteiger partial charge in [-0.25, -0.2) is 0 Å². The highest BCUT2D eigenvalue weighted by atomic mass is 16.1. The van der Waals surface area contributed by atoms with E-state index in [2.05, 4.69) is 12.1 Å². The lowest BCUT2D eigenvalue weighted by atomic mass is 10.0. The van der Waals surface area contributed by atoms with Crippen molar-refractivity contribution in [3.05, 3.63) is 77.4 Å². The van der Waals surface area contributed by atoms with E-state index in [0.29, 0.717) is 0 Å². The molecule has 19 heavy (non-hydrogen) atoms. The lowest BCUT2D eigenvalue weighted by molar-refractivity contribution is 0.104. The van der Waals surface area contributed by atoms with Crippen LogP contribution in [0.1, 0.15) is 40.2 Å². The Hall–Kier alpha value is -2.15. The molecule has 0 unspecified atom stereocenters. The molecule has 0 N–H and O–H groups in total. The Morgan fingerprint density at radius 1 is 0.947 bits per heavy atom. The summed E-state index contributed by atoms with van der Waals surface area (Å²) in [6.07, 6.45) is 6.08. The van der Waals surface area contributed by atoms with Gasteiger partial charge in [0, 0.05) is 5.56 Å². The Balaban J connectivity index is 1.71. The Kier molecular flexibility index (Phi) is 3.28. The second kappa shape index (κ2) is 5.23. The third-order valence-corrected chi connectivity index (χ3v) is 3.47. The van der Waals surface area contributed by atoms with Crippen LogP contribution in [0.2, 0.25) is 0 Å². The normalized spacial score (nSPS) is 14.7. The van der Waals surface area contributed by atoms with Gasteiger partial charge in [0.25, 0.3) is 0 Å². The summed E-state index contributed by atoms with van der Waals surface area (Å²) in [5, 5.41) is 0. The van der Waals surface area contributed by atoms with Crippen LogP contribution in [-0.4, -0.2) is 5.78 Å². The van der Waals surface area contributed by atoms with Crippen LogP contribution in [0.25, 0.3) is 6.08 Å². The first-order valence-corrected chi connectivity index (χ1v) is 6.70. The molecule has 1 aliphatic rings. The minimum Gasteiger partial charge on any atom is -0.289 e. The van der Waals surface area contributed by atoms with Crippen molar-refractivity contribution < 1.29 is 4.79 Å². The molecule has 0 aliphatic heterocycles. The number of carbonyl (C=O) groups excluding carboxylic acids is 1. The number of hydrogen-bond acceptors (Lipinski definition) is 1. The van der Waals surface area contributed by atoms with Crippen molar-refractivity contribution in [3.63, 3.8) is 0 Å². The molecule has 0 radical (unpaired) electrons. The van der Waals surface area contributed by atoms with Crippen molar-refractivity contribution in [2.24, 2.45) is 0 Å². The fourth-order valence-corrected chi connectivity index (χ4v) is 2.17. The molecule has 0 spiro atoms. The van der Waals surface area contributed by atoms with Gasteiger partial charge in [0.1, 0.15) is 0 Å². The monoisotopic (exact) mass is 248 g/mol. The van der Waals surface area contributed by atoms with Crippen molar-refractivity contribution in [1.29, 1.82) is 0 Å². The maximum Gasteiger partial charge on any atom is 0.185 e. The molecule has 0 aromatic heterocycles. The van der Waals surface area contributed by atoms with E-state index in [1.54, 1.807) is 6.08 Å². The van der Waals surface area contributed by atoms with E-state index < -0.39 is 0 Å². The zero-order valence-electron chi connectivity index (χ0n) is 10.8. The molecule has 0 heterocycles. The van der Waals surface area contributed by atoms with Crippen LogP contribution >= 0.6 is 0 Å². The molecule has 0 saturated heterocycles. The van der Waals surface area contributed by atoms with Gasteiger partial charge in [0.2, 0.25) is 0 Å². The van der Waals surface area contributed by atoms with Gasteiger partial charge in [0.05, 0.1) is 0 Å². The van der Waals surface area contributed by atoms with Crippen molar-refractivity contribution in [2.45, 2.75) is 18.8 Å². The summed E-state index contributed by atoms with van der Waals surface area (Å²) in [5.74, 6) is 0.801. The fourth-order valence-electron chi connectivity index (χ4n) is 2.17. The highest BCUT2D eigenvalue weighted by Gasteiger charge is 2.23. The standard InChI is InChI=1S/C18H16O/c19-18(13-6-14-4-2-1-3-5-14)17-11-9-16(10-12-17)15-7-8-15/h1-6,9-13,15H,7-8H2. The summed E-state index contributed by atoms with van der Waals surface area (Å²) in [5.41, 5.74) is 3.17. The van der Waals surface area contributed by atoms with E-state index in [1.807, 2.05) is 48.5 Å².